The molecule has 188 valence electrons. The zero-order chi connectivity index (χ0) is 24.3. The number of ether oxygens (including phenoxy) is 4. The van der Waals surface area contributed by atoms with Crippen LogP contribution in [0.15, 0.2) is 0 Å². The van der Waals surface area contributed by atoms with Gasteiger partial charge >= 0.3 is 0 Å². The minimum atomic E-state index is -1.94. The maximum absolute atomic E-state index is 11.0. The molecule has 0 aromatic carbocycles. The molecular formula is C18H32O14. The summed E-state index contributed by atoms with van der Waals surface area (Å²) in [6.45, 7) is 1.75. The molecule has 2 aliphatic heterocycles. The van der Waals surface area contributed by atoms with Crippen molar-refractivity contribution in [2.24, 2.45) is 0 Å². The van der Waals surface area contributed by atoms with Crippen LogP contribution in [0, 0.1) is 0 Å². The SMILES string of the molecule is C[C@H](O)[C@@H](O)[C@@H](O[C@H]1O[C@H](CO)[C@H](O)[C@H](O[C@@H]2O[C@@H](C)[C@H](O)[C@@H](O)[C@H]2O)[C@H]1O)[C@H](O)C=O. The third-order valence-electron chi connectivity index (χ3n) is 5.52. The summed E-state index contributed by atoms with van der Waals surface area (Å²) in [5, 5.41) is 89.9. The number of carbonyl (C=O) groups excluding carboxylic acids is 1. The quantitative estimate of drug-likeness (QED) is 0.142. The van der Waals surface area contributed by atoms with Crippen LogP contribution in [0.1, 0.15) is 13.8 Å². The van der Waals surface area contributed by atoms with Crippen molar-refractivity contribution in [3.05, 3.63) is 0 Å². The topological polar surface area (TPSA) is 236 Å². The molecule has 2 heterocycles. The Bertz CT molecular complexity index is 592. The lowest BCUT2D eigenvalue weighted by atomic mass is 9.97. The van der Waals surface area contributed by atoms with Crippen LogP contribution in [-0.2, 0) is 23.7 Å². The fourth-order valence-electron chi connectivity index (χ4n) is 3.48. The Kier molecular flexibility index (Phi) is 9.87. The number of aliphatic hydroxyl groups excluding tert-OH is 9. The third-order valence-corrected chi connectivity index (χ3v) is 5.52. The van der Waals surface area contributed by atoms with Crippen molar-refractivity contribution >= 4 is 6.29 Å². The molecule has 2 fully saturated rings. The van der Waals surface area contributed by atoms with E-state index in [-0.39, 0.29) is 6.29 Å². The first kappa shape index (κ1) is 27.4. The van der Waals surface area contributed by atoms with Gasteiger partial charge in [-0.1, -0.05) is 0 Å². The van der Waals surface area contributed by atoms with E-state index in [2.05, 4.69) is 0 Å². The van der Waals surface area contributed by atoms with Gasteiger partial charge in [0.1, 0.15) is 61.0 Å². The van der Waals surface area contributed by atoms with Crippen molar-refractivity contribution in [1.82, 2.24) is 0 Å². The molecular weight excluding hydrogens is 440 g/mol. The second kappa shape index (κ2) is 11.5. The molecule has 0 aromatic heterocycles. The zero-order valence-electron chi connectivity index (χ0n) is 17.4. The lowest BCUT2D eigenvalue weighted by molar-refractivity contribution is -0.365. The maximum Gasteiger partial charge on any atom is 0.187 e. The van der Waals surface area contributed by atoms with E-state index in [4.69, 9.17) is 18.9 Å². The molecule has 0 bridgehead atoms. The van der Waals surface area contributed by atoms with Gasteiger partial charge in [0.15, 0.2) is 18.9 Å². The number of aliphatic hydroxyl groups is 9. The average molecular weight is 472 g/mol. The number of rotatable bonds is 9. The smallest absolute Gasteiger partial charge is 0.187 e. The van der Waals surface area contributed by atoms with Crippen molar-refractivity contribution in [2.75, 3.05) is 6.61 Å². The molecule has 0 radical (unpaired) electrons. The van der Waals surface area contributed by atoms with Gasteiger partial charge in [-0.25, -0.2) is 0 Å². The number of aldehydes is 1. The molecule has 0 aliphatic carbocycles. The van der Waals surface area contributed by atoms with E-state index >= 15 is 0 Å². The summed E-state index contributed by atoms with van der Waals surface area (Å²) in [6, 6.07) is 0. The van der Waals surface area contributed by atoms with Crippen molar-refractivity contribution < 1.29 is 69.7 Å². The molecule has 0 amide bonds. The Morgan fingerprint density at radius 1 is 0.906 bits per heavy atom. The highest BCUT2D eigenvalue weighted by molar-refractivity contribution is 5.56. The molecule has 14 heteroatoms. The fourth-order valence-corrected chi connectivity index (χ4v) is 3.48. The van der Waals surface area contributed by atoms with Gasteiger partial charge in [-0.2, -0.15) is 0 Å². The van der Waals surface area contributed by atoms with Gasteiger partial charge in [-0.3, -0.25) is 0 Å². The van der Waals surface area contributed by atoms with Crippen LogP contribution in [0.4, 0.5) is 0 Å². The Hall–Kier alpha value is -0.850. The second-order valence-electron chi connectivity index (χ2n) is 7.95. The number of carbonyl (C=O) groups is 1. The molecule has 14 nitrogen and oxygen atoms in total. The fraction of sp³-hybridized carbons (Fsp3) is 0.944. The molecule has 0 spiro atoms. The molecule has 0 saturated carbocycles. The molecule has 14 atom stereocenters. The third kappa shape index (κ3) is 5.79. The van der Waals surface area contributed by atoms with E-state index in [1.54, 1.807) is 0 Å². The van der Waals surface area contributed by atoms with Crippen molar-refractivity contribution in [2.45, 2.75) is 99.7 Å². The summed E-state index contributed by atoms with van der Waals surface area (Å²) >= 11 is 0. The van der Waals surface area contributed by atoms with Gasteiger partial charge in [0.05, 0.1) is 18.8 Å². The predicted molar refractivity (Wildman–Crippen MR) is 99.6 cm³/mol. The van der Waals surface area contributed by atoms with Gasteiger partial charge < -0.3 is 69.7 Å². The summed E-state index contributed by atoms with van der Waals surface area (Å²) in [5.74, 6) is 0. The summed E-state index contributed by atoms with van der Waals surface area (Å²) < 4.78 is 21.3. The van der Waals surface area contributed by atoms with Crippen molar-refractivity contribution in [3.8, 4) is 0 Å². The zero-order valence-corrected chi connectivity index (χ0v) is 17.4. The van der Waals surface area contributed by atoms with Crippen LogP contribution in [0.3, 0.4) is 0 Å². The molecule has 9 N–H and O–H groups in total. The lowest BCUT2D eigenvalue weighted by Gasteiger charge is -2.46. The normalized spacial score (nSPS) is 44.5. The van der Waals surface area contributed by atoms with E-state index in [9.17, 15) is 50.8 Å². The van der Waals surface area contributed by atoms with E-state index in [0.29, 0.717) is 0 Å². The highest BCUT2D eigenvalue weighted by atomic mass is 16.7. The second-order valence-corrected chi connectivity index (χ2v) is 7.95. The predicted octanol–water partition coefficient (Wildman–Crippen LogP) is -5.68. The van der Waals surface area contributed by atoms with Crippen molar-refractivity contribution in [1.29, 1.82) is 0 Å². The first-order chi connectivity index (χ1) is 14.9. The molecule has 2 rings (SSSR count). The van der Waals surface area contributed by atoms with Crippen LogP contribution in [0.25, 0.3) is 0 Å². The minimum Gasteiger partial charge on any atom is -0.394 e. The Morgan fingerprint density at radius 2 is 1.53 bits per heavy atom. The van der Waals surface area contributed by atoms with E-state index in [1.807, 2.05) is 0 Å². The van der Waals surface area contributed by atoms with Crippen molar-refractivity contribution in [3.63, 3.8) is 0 Å². The Labute approximate surface area is 183 Å². The summed E-state index contributed by atoms with van der Waals surface area (Å²) in [5.41, 5.74) is 0. The van der Waals surface area contributed by atoms with Crippen LogP contribution in [-0.4, -0.2) is 145 Å². The number of hydrogen-bond acceptors (Lipinski definition) is 14. The molecule has 2 aliphatic rings. The molecule has 0 aromatic rings. The van der Waals surface area contributed by atoms with Gasteiger partial charge in [0, 0.05) is 0 Å². The van der Waals surface area contributed by atoms with Gasteiger partial charge in [-0.05, 0) is 13.8 Å². The molecule has 0 unspecified atom stereocenters. The standard InChI is InChI=1S/C18H32O14/c1-5(21)9(23)15(7(22)3-19)31-18-14(28)16(11(25)8(4-20)30-18)32-17-13(27)12(26)10(24)6(2)29-17/h3,5-18,20-28H,4H2,1-2H3/t5-,6-,7+,8+,9+,10-,11-,12+,13+,14+,15-,16-,17-,18+/m0/s1. The van der Waals surface area contributed by atoms with Gasteiger partial charge in [0.2, 0.25) is 0 Å². The maximum atomic E-state index is 11.0. The molecule has 32 heavy (non-hydrogen) atoms. The van der Waals surface area contributed by atoms with Gasteiger partial charge in [-0.15, -0.1) is 0 Å². The van der Waals surface area contributed by atoms with Crippen LogP contribution in [0.2, 0.25) is 0 Å². The van der Waals surface area contributed by atoms with E-state index in [0.717, 1.165) is 6.92 Å². The average Bonchev–Trinajstić information content (AvgIpc) is 2.76. The summed E-state index contributed by atoms with van der Waals surface area (Å²) in [4.78, 5) is 11.0. The highest BCUT2D eigenvalue weighted by Crippen LogP contribution is 2.30. The first-order valence-electron chi connectivity index (χ1n) is 10.1. The van der Waals surface area contributed by atoms with E-state index < -0.39 is 92.4 Å². The molecule has 2 saturated heterocycles. The van der Waals surface area contributed by atoms with Crippen LogP contribution < -0.4 is 0 Å². The van der Waals surface area contributed by atoms with Crippen LogP contribution in [0.5, 0.6) is 0 Å². The first-order valence-corrected chi connectivity index (χ1v) is 10.1. The van der Waals surface area contributed by atoms with E-state index in [1.165, 1.54) is 6.92 Å². The van der Waals surface area contributed by atoms with Crippen LogP contribution >= 0.6 is 0 Å². The van der Waals surface area contributed by atoms with Gasteiger partial charge in [0.25, 0.3) is 0 Å². The minimum absolute atomic E-state index is 0.0259. The monoisotopic (exact) mass is 472 g/mol. The number of hydrogen-bond donors (Lipinski definition) is 9. The highest BCUT2D eigenvalue weighted by Gasteiger charge is 2.51. The Morgan fingerprint density at radius 3 is 2.06 bits per heavy atom. The lowest BCUT2D eigenvalue weighted by Crippen LogP contribution is -2.65. The largest absolute Gasteiger partial charge is 0.394 e. The summed E-state index contributed by atoms with van der Waals surface area (Å²) in [7, 11) is 0. The summed E-state index contributed by atoms with van der Waals surface area (Å²) in [6.07, 6.45) is -22.8. The Balaban J connectivity index is 2.23.